The molecular formula is C21H33Cl2N3O. The van der Waals surface area contributed by atoms with Gasteiger partial charge >= 0.3 is 0 Å². The molecule has 2 N–H and O–H groups in total. The average Bonchev–Trinajstić information content (AvgIpc) is 3.31. The smallest absolute Gasteiger partial charge is 0.232 e. The quantitative estimate of drug-likeness (QED) is 0.769. The lowest BCUT2D eigenvalue weighted by Gasteiger charge is -2.37. The van der Waals surface area contributed by atoms with Crippen LogP contribution < -0.4 is 10.6 Å². The summed E-state index contributed by atoms with van der Waals surface area (Å²) in [5.41, 5.74) is 2.13. The van der Waals surface area contributed by atoms with E-state index in [9.17, 15) is 4.79 Å². The third-order valence-corrected chi connectivity index (χ3v) is 6.62. The Labute approximate surface area is 175 Å². The predicted octanol–water partition coefficient (Wildman–Crippen LogP) is 3.89. The highest BCUT2D eigenvalue weighted by Crippen LogP contribution is 2.44. The van der Waals surface area contributed by atoms with Gasteiger partial charge in [-0.2, -0.15) is 0 Å². The molecule has 0 aromatic heterocycles. The van der Waals surface area contributed by atoms with Gasteiger partial charge in [-0.3, -0.25) is 4.79 Å². The second-order valence-electron chi connectivity index (χ2n) is 8.18. The molecule has 1 saturated carbocycles. The highest BCUT2D eigenvalue weighted by atomic mass is 35.5. The van der Waals surface area contributed by atoms with Crippen LogP contribution in [0.3, 0.4) is 0 Å². The summed E-state index contributed by atoms with van der Waals surface area (Å²) < 4.78 is 0. The summed E-state index contributed by atoms with van der Waals surface area (Å²) in [7, 11) is 0. The normalized spacial score (nSPS) is 27.3. The zero-order valence-electron chi connectivity index (χ0n) is 16.0. The Balaban J connectivity index is 0.00000131. The number of carbonyl (C=O) groups is 1. The molecule has 0 radical (unpaired) electrons. The summed E-state index contributed by atoms with van der Waals surface area (Å²) in [6.45, 7) is 5.51. The van der Waals surface area contributed by atoms with Crippen molar-refractivity contribution in [3.05, 3.63) is 29.8 Å². The Bertz CT molecular complexity index is 604. The minimum Gasteiger partial charge on any atom is -0.326 e. The van der Waals surface area contributed by atoms with Crippen molar-refractivity contribution in [2.75, 3.05) is 38.0 Å². The third kappa shape index (κ3) is 4.97. The van der Waals surface area contributed by atoms with E-state index in [2.05, 4.69) is 39.8 Å². The molecule has 2 heterocycles. The van der Waals surface area contributed by atoms with Gasteiger partial charge in [0.2, 0.25) is 5.91 Å². The van der Waals surface area contributed by atoms with E-state index in [0.29, 0.717) is 5.92 Å². The van der Waals surface area contributed by atoms with Gasteiger partial charge in [0.15, 0.2) is 0 Å². The van der Waals surface area contributed by atoms with Crippen molar-refractivity contribution in [1.82, 2.24) is 10.2 Å². The van der Waals surface area contributed by atoms with Gasteiger partial charge in [0, 0.05) is 18.8 Å². The summed E-state index contributed by atoms with van der Waals surface area (Å²) in [6.07, 6.45) is 8.48. The van der Waals surface area contributed by atoms with Gasteiger partial charge in [0.05, 0.1) is 5.41 Å². The fraction of sp³-hybridized carbons (Fsp3) is 0.667. The van der Waals surface area contributed by atoms with E-state index in [4.69, 9.17) is 0 Å². The number of amides is 1. The summed E-state index contributed by atoms with van der Waals surface area (Å²) in [4.78, 5) is 15.5. The molecule has 0 unspecified atom stereocenters. The lowest BCUT2D eigenvalue weighted by molar-refractivity contribution is -0.128. The number of nitrogens with zero attached hydrogens (tertiary/aromatic N) is 1. The summed E-state index contributed by atoms with van der Waals surface area (Å²) in [6, 6.07) is 8.51. The van der Waals surface area contributed by atoms with Crippen molar-refractivity contribution in [1.29, 1.82) is 0 Å². The van der Waals surface area contributed by atoms with Gasteiger partial charge in [-0.15, -0.1) is 24.8 Å². The van der Waals surface area contributed by atoms with Crippen LogP contribution >= 0.6 is 24.8 Å². The average molecular weight is 414 g/mol. The van der Waals surface area contributed by atoms with Crippen LogP contribution in [0.15, 0.2) is 24.3 Å². The maximum absolute atomic E-state index is 13.0. The van der Waals surface area contributed by atoms with Crippen molar-refractivity contribution in [2.24, 2.45) is 11.3 Å². The van der Waals surface area contributed by atoms with Crippen LogP contribution in [0.4, 0.5) is 5.69 Å². The molecule has 4 nitrogen and oxygen atoms in total. The largest absolute Gasteiger partial charge is 0.326 e. The Morgan fingerprint density at radius 2 is 1.85 bits per heavy atom. The van der Waals surface area contributed by atoms with Crippen LogP contribution in [0.1, 0.15) is 44.1 Å². The number of fused-ring (bicyclic) bond motifs is 1. The predicted molar refractivity (Wildman–Crippen MR) is 116 cm³/mol. The lowest BCUT2D eigenvalue weighted by Crippen LogP contribution is -2.44. The molecule has 1 aromatic rings. The van der Waals surface area contributed by atoms with E-state index in [1.807, 2.05) is 0 Å². The maximum Gasteiger partial charge on any atom is 0.232 e. The SMILES string of the molecule is Cl.Cl.O=C(Nc1ccc(CCN2CCCC2)cc1)[C@@]12CCCC[C@H]1CNC2. The number of anilines is 1. The van der Waals surface area contributed by atoms with Crippen LogP contribution in [0, 0.1) is 11.3 Å². The third-order valence-electron chi connectivity index (χ3n) is 6.62. The molecule has 6 heteroatoms. The highest BCUT2D eigenvalue weighted by molar-refractivity contribution is 5.96. The highest BCUT2D eigenvalue weighted by Gasteiger charge is 2.49. The van der Waals surface area contributed by atoms with Gasteiger partial charge in [0.1, 0.15) is 0 Å². The van der Waals surface area contributed by atoms with Crippen molar-refractivity contribution in [3.63, 3.8) is 0 Å². The number of carbonyl (C=O) groups excluding carboxylic acids is 1. The van der Waals surface area contributed by atoms with E-state index < -0.39 is 0 Å². The molecule has 1 aliphatic carbocycles. The van der Waals surface area contributed by atoms with E-state index in [0.717, 1.165) is 38.2 Å². The summed E-state index contributed by atoms with van der Waals surface area (Å²) >= 11 is 0. The van der Waals surface area contributed by atoms with Crippen LogP contribution in [0.5, 0.6) is 0 Å². The van der Waals surface area contributed by atoms with Crippen LogP contribution in [0.2, 0.25) is 0 Å². The molecule has 4 rings (SSSR count). The second-order valence-corrected chi connectivity index (χ2v) is 8.18. The standard InChI is InChI=1S/C21H31N3O.2ClH/c25-20(21-11-2-1-5-18(21)15-22-16-21)23-19-8-6-17(7-9-19)10-14-24-12-3-4-13-24;;/h6-9,18,22H,1-5,10-16H2,(H,23,25);2*1H/t18-,21+;;/m0../s1. The second kappa shape index (κ2) is 10.1. The lowest BCUT2D eigenvalue weighted by atomic mass is 9.67. The first-order valence-electron chi connectivity index (χ1n) is 10.1. The van der Waals surface area contributed by atoms with Crippen molar-refractivity contribution < 1.29 is 4.79 Å². The van der Waals surface area contributed by atoms with Gasteiger partial charge in [-0.05, 0) is 75.4 Å². The molecule has 3 fully saturated rings. The van der Waals surface area contributed by atoms with Crippen LogP contribution in [-0.4, -0.2) is 43.5 Å². The molecule has 3 aliphatic rings. The number of likely N-dealkylation sites (tertiary alicyclic amines) is 1. The minimum absolute atomic E-state index is 0. The molecule has 1 amide bonds. The fourth-order valence-electron chi connectivity index (χ4n) is 4.99. The van der Waals surface area contributed by atoms with E-state index >= 15 is 0 Å². The van der Waals surface area contributed by atoms with Gasteiger partial charge < -0.3 is 15.5 Å². The first kappa shape index (κ1) is 22.5. The van der Waals surface area contributed by atoms with Crippen LogP contribution in [0.25, 0.3) is 0 Å². The van der Waals surface area contributed by atoms with Gasteiger partial charge in [0.25, 0.3) is 0 Å². The number of nitrogens with one attached hydrogen (secondary N) is 2. The Morgan fingerprint density at radius 1 is 1.11 bits per heavy atom. The van der Waals surface area contributed by atoms with E-state index in [1.165, 1.54) is 50.8 Å². The minimum atomic E-state index is -0.174. The van der Waals surface area contributed by atoms with Crippen molar-refractivity contribution >= 4 is 36.4 Å². The molecule has 152 valence electrons. The molecule has 1 aromatic carbocycles. The molecular weight excluding hydrogens is 381 g/mol. The Kier molecular flexibility index (Phi) is 8.41. The van der Waals surface area contributed by atoms with Crippen LogP contribution in [-0.2, 0) is 11.2 Å². The molecule has 0 spiro atoms. The first-order valence-corrected chi connectivity index (χ1v) is 10.1. The number of hydrogen-bond acceptors (Lipinski definition) is 3. The summed E-state index contributed by atoms with van der Waals surface area (Å²) in [5.74, 6) is 0.744. The van der Waals surface area contributed by atoms with Crippen molar-refractivity contribution in [2.45, 2.75) is 44.9 Å². The molecule has 2 aliphatic heterocycles. The Morgan fingerprint density at radius 3 is 2.59 bits per heavy atom. The zero-order chi connectivity index (χ0) is 17.1. The number of rotatable bonds is 5. The van der Waals surface area contributed by atoms with Gasteiger partial charge in [-0.1, -0.05) is 25.0 Å². The van der Waals surface area contributed by atoms with Gasteiger partial charge in [-0.25, -0.2) is 0 Å². The van der Waals surface area contributed by atoms with E-state index in [-0.39, 0.29) is 36.1 Å². The molecule has 2 atom stereocenters. The molecule has 27 heavy (non-hydrogen) atoms. The fourth-order valence-corrected chi connectivity index (χ4v) is 4.99. The Hall–Kier alpha value is -0.810. The molecule has 0 bridgehead atoms. The van der Waals surface area contributed by atoms with Crippen molar-refractivity contribution in [3.8, 4) is 0 Å². The number of benzene rings is 1. The van der Waals surface area contributed by atoms with E-state index in [1.54, 1.807) is 0 Å². The topological polar surface area (TPSA) is 44.4 Å². The summed E-state index contributed by atoms with van der Waals surface area (Å²) in [5, 5.41) is 6.67. The maximum atomic E-state index is 13.0. The molecule has 2 saturated heterocycles. The first-order chi connectivity index (χ1) is 12.3. The number of halogens is 2. The zero-order valence-corrected chi connectivity index (χ0v) is 17.7. The monoisotopic (exact) mass is 413 g/mol. The number of hydrogen-bond donors (Lipinski definition) is 2.